The van der Waals surface area contributed by atoms with Crippen LogP contribution in [-0.2, 0) is 10.0 Å². The molecule has 2 aromatic carbocycles. The third kappa shape index (κ3) is 2.91. The molecule has 0 aliphatic carbocycles. The Hall–Kier alpha value is -1.93. The van der Waals surface area contributed by atoms with E-state index in [0.717, 1.165) is 4.31 Å². The van der Waals surface area contributed by atoms with Crippen LogP contribution in [0.15, 0.2) is 57.9 Å². The van der Waals surface area contributed by atoms with E-state index >= 15 is 0 Å². The summed E-state index contributed by atoms with van der Waals surface area (Å²) in [6.07, 6.45) is 0. The van der Waals surface area contributed by atoms with Gasteiger partial charge in [-0.15, -0.1) is 0 Å². The number of nitrogens with zero attached hydrogens (tertiary/aromatic N) is 2. The van der Waals surface area contributed by atoms with Crippen molar-refractivity contribution >= 4 is 37.3 Å². The topological polar surface area (TPSA) is 80.5 Å². The van der Waals surface area contributed by atoms with E-state index < -0.39 is 20.6 Å². The summed E-state index contributed by atoms with van der Waals surface area (Å²) in [6.45, 7) is 0. The van der Waals surface area contributed by atoms with Gasteiger partial charge in [-0.3, -0.25) is 14.4 Å². The van der Waals surface area contributed by atoms with Gasteiger partial charge in [-0.05, 0) is 34.1 Å². The number of rotatable bonds is 4. The Morgan fingerprint density at radius 2 is 1.67 bits per heavy atom. The number of nitro groups is 1. The highest BCUT2D eigenvalue weighted by Crippen LogP contribution is 2.32. The van der Waals surface area contributed by atoms with E-state index in [1.807, 2.05) is 0 Å². The molecule has 110 valence electrons. The summed E-state index contributed by atoms with van der Waals surface area (Å²) in [5.74, 6) is 0. The smallest absolute Gasteiger partial charge is 0.268 e. The molecule has 0 radical (unpaired) electrons. The molecule has 0 aromatic heterocycles. The average molecular weight is 371 g/mol. The van der Waals surface area contributed by atoms with Gasteiger partial charge < -0.3 is 0 Å². The van der Waals surface area contributed by atoms with E-state index in [1.165, 1.54) is 31.3 Å². The fourth-order valence-corrected chi connectivity index (χ4v) is 3.85. The number of hydrogen-bond acceptors (Lipinski definition) is 4. The molecule has 2 aromatic rings. The summed E-state index contributed by atoms with van der Waals surface area (Å²) in [6, 6.07) is 12.0. The Balaban J connectivity index is 2.58. The number of para-hydroxylation sites is 2. The maximum absolute atomic E-state index is 12.6. The summed E-state index contributed by atoms with van der Waals surface area (Å²) < 4.78 is 26.8. The van der Waals surface area contributed by atoms with Gasteiger partial charge in [0, 0.05) is 17.6 Å². The highest BCUT2D eigenvalue weighted by atomic mass is 79.9. The SMILES string of the molecule is CN(c1ccccc1Br)S(=O)(=O)c1ccccc1[N+](=O)[O-]. The minimum atomic E-state index is -4.03. The second-order valence-corrected chi connectivity index (χ2v) is 6.94. The van der Waals surface area contributed by atoms with E-state index in [0.29, 0.717) is 10.2 Å². The lowest BCUT2D eigenvalue weighted by atomic mass is 10.3. The van der Waals surface area contributed by atoms with Gasteiger partial charge in [0.15, 0.2) is 4.90 Å². The molecule has 0 aliphatic heterocycles. The third-order valence-corrected chi connectivity index (χ3v) is 5.38. The van der Waals surface area contributed by atoms with Gasteiger partial charge in [-0.25, -0.2) is 8.42 Å². The maximum Gasteiger partial charge on any atom is 0.289 e. The van der Waals surface area contributed by atoms with Crippen LogP contribution >= 0.6 is 15.9 Å². The molecule has 0 fully saturated rings. The normalized spacial score (nSPS) is 11.1. The zero-order valence-corrected chi connectivity index (χ0v) is 13.3. The molecule has 6 nitrogen and oxygen atoms in total. The first-order valence-electron chi connectivity index (χ1n) is 5.82. The lowest BCUT2D eigenvalue weighted by molar-refractivity contribution is -0.387. The van der Waals surface area contributed by atoms with Crippen molar-refractivity contribution in [3.05, 3.63) is 63.1 Å². The lowest BCUT2D eigenvalue weighted by Gasteiger charge is -2.20. The van der Waals surface area contributed by atoms with E-state index in [1.54, 1.807) is 24.3 Å². The predicted molar refractivity (Wildman–Crippen MR) is 82.8 cm³/mol. The summed E-state index contributed by atoms with van der Waals surface area (Å²) in [5, 5.41) is 11.0. The molecule has 0 N–H and O–H groups in total. The molecule has 0 atom stereocenters. The number of halogens is 1. The maximum atomic E-state index is 12.6. The second-order valence-electron chi connectivity index (χ2n) is 4.15. The molecule has 0 heterocycles. The predicted octanol–water partition coefficient (Wildman–Crippen LogP) is 3.18. The molecule has 0 saturated heterocycles. The Kier molecular flexibility index (Phi) is 4.29. The van der Waals surface area contributed by atoms with Gasteiger partial charge in [0.05, 0.1) is 10.6 Å². The highest BCUT2D eigenvalue weighted by Gasteiger charge is 2.30. The number of benzene rings is 2. The fourth-order valence-electron chi connectivity index (χ4n) is 1.81. The number of anilines is 1. The van der Waals surface area contributed by atoms with E-state index in [-0.39, 0.29) is 4.90 Å². The number of nitro benzene ring substituents is 1. The molecular formula is C13H11BrN2O4S. The van der Waals surface area contributed by atoms with Crippen molar-refractivity contribution in [3.8, 4) is 0 Å². The minimum absolute atomic E-state index is 0.340. The molecule has 0 unspecified atom stereocenters. The molecule has 0 saturated carbocycles. The van der Waals surface area contributed by atoms with Crippen molar-refractivity contribution < 1.29 is 13.3 Å². The summed E-state index contributed by atoms with van der Waals surface area (Å²) in [7, 11) is -2.68. The van der Waals surface area contributed by atoms with Crippen molar-refractivity contribution in [2.45, 2.75) is 4.90 Å². The molecule has 0 amide bonds. The van der Waals surface area contributed by atoms with Gasteiger partial charge in [-0.2, -0.15) is 0 Å². The first-order valence-corrected chi connectivity index (χ1v) is 8.06. The molecule has 2 rings (SSSR count). The van der Waals surface area contributed by atoms with Crippen LogP contribution in [0, 0.1) is 10.1 Å². The first kappa shape index (κ1) is 15.5. The number of sulfonamides is 1. The van der Waals surface area contributed by atoms with Crippen LogP contribution in [0.2, 0.25) is 0 Å². The molecule has 0 spiro atoms. The van der Waals surface area contributed by atoms with Crippen molar-refractivity contribution in [2.24, 2.45) is 0 Å². The van der Waals surface area contributed by atoms with E-state index in [2.05, 4.69) is 15.9 Å². The molecule has 8 heteroatoms. The zero-order chi connectivity index (χ0) is 15.6. The van der Waals surface area contributed by atoms with Gasteiger partial charge in [-0.1, -0.05) is 24.3 Å². The van der Waals surface area contributed by atoms with Gasteiger partial charge in [0.2, 0.25) is 0 Å². The van der Waals surface area contributed by atoms with Gasteiger partial charge >= 0.3 is 0 Å². The van der Waals surface area contributed by atoms with Gasteiger partial charge in [0.1, 0.15) is 0 Å². The van der Waals surface area contributed by atoms with Crippen LogP contribution in [0.4, 0.5) is 11.4 Å². The van der Waals surface area contributed by atoms with Crippen LogP contribution in [0.1, 0.15) is 0 Å². The minimum Gasteiger partial charge on any atom is -0.268 e. The van der Waals surface area contributed by atoms with Gasteiger partial charge in [0.25, 0.3) is 15.7 Å². The van der Waals surface area contributed by atoms with Crippen LogP contribution in [-0.4, -0.2) is 20.4 Å². The summed E-state index contributed by atoms with van der Waals surface area (Å²) in [5.41, 5.74) is -0.0490. The molecule has 0 bridgehead atoms. The molecule has 0 aliphatic rings. The highest BCUT2D eigenvalue weighted by molar-refractivity contribution is 9.10. The van der Waals surface area contributed by atoms with Crippen LogP contribution in [0.3, 0.4) is 0 Å². The molecular weight excluding hydrogens is 360 g/mol. The fraction of sp³-hybridized carbons (Fsp3) is 0.0769. The Bertz CT molecular complexity index is 792. The standard InChI is InChI=1S/C13H11BrN2O4S/c1-15(11-7-3-2-6-10(11)14)21(19,20)13-9-5-4-8-12(13)16(17)18/h2-9H,1H3. The summed E-state index contributed by atoms with van der Waals surface area (Å²) >= 11 is 3.27. The van der Waals surface area contributed by atoms with Crippen LogP contribution < -0.4 is 4.31 Å². The monoisotopic (exact) mass is 370 g/mol. The van der Waals surface area contributed by atoms with Crippen molar-refractivity contribution in [1.29, 1.82) is 0 Å². The van der Waals surface area contributed by atoms with Crippen LogP contribution in [0.25, 0.3) is 0 Å². The third-order valence-electron chi connectivity index (χ3n) is 2.89. The van der Waals surface area contributed by atoms with Crippen LogP contribution in [0.5, 0.6) is 0 Å². The number of hydrogen-bond donors (Lipinski definition) is 0. The Morgan fingerprint density at radius 1 is 1.10 bits per heavy atom. The zero-order valence-electron chi connectivity index (χ0n) is 10.9. The quantitative estimate of drug-likeness (QED) is 0.611. The van der Waals surface area contributed by atoms with E-state index in [4.69, 9.17) is 0 Å². The largest absolute Gasteiger partial charge is 0.289 e. The second kappa shape index (κ2) is 5.82. The Morgan fingerprint density at radius 3 is 2.29 bits per heavy atom. The van der Waals surface area contributed by atoms with Crippen molar-refractivity contribution in [3.63, 3.8) is 0 Å². The van der Waals surface area contributed by atoms with Crippen molar-refractivity contribution in [2.75, 3.05) is 11.4 Å². The average Bonchev–Trinajstić information content (AvgIpc) is 2.47. The van der Waals surface area contributed by atoms with E-state index in [9.17, 15) is 18.5 Å². The first-order chi connectivity index (χ1) is 9.85. The molecule has 21 heavy (non-hydrogen) atoms. The summed E-state index contributed by atoms with van der Waals surface area (Å²) in [4.78, 5) is 9.96. The Labute approximate surface area is 130 Å². The lowest BCUT2D eigenvalue weighted by Crippen LogP contribution is -2.27. The van der Waals surface area contributed by atoms with Crippen molar-refractivity contribution in [1.82, 2.24) is 0 Å².